The molecule has 1 aromatic rings. The van der Waals surface area contributed by atoms with E-state index in [1.54, 1.807) is 24.3 Å². The molecule has 0 unspecified atom stereocenters. The zero-order chi connectivity index (χ0) is 19.5. The van der Waals surface area contributed by atoms with Gasteiger partial charge in [-0.15, -0.1) is 6.58 Å². The zero-order valence-electron chi connectivity index (χ0n) is 15.4. The molecule has 3 N–H and O–H groups in total. The Morgan fingerprint density at radius 3 is 2.74 bits per heavy atom. The van der Waals surface area contributed by atoms with Gasteiger partial charge in [0.05, 0.1) is 5.69 Å². The van der Waals surface area contributed by atoms with E-state index in [2.05, 4.69) is 25.7 Å². The molecule has 0 bridgehead atoms. The second kappa shape index (κ2) is 6.17. The summed E-state index contributed by atoms with van der Waals surface area (Å²) in [6.45, 7) is 7.98. The minimum absolute atomic E-state index is 0.142. The Labute approximate surface area is 162 Å². The van der Waals surface area contributed by atoms with E-state index in [1.165, 1.54) is 4.90 Å². The maximum Gasteiger partial charge on any atom is 0.291 e. The highest BCUT2D eigenvalue weighted by molar-refractivity contribution is 6.31. The predicted octanol–water partition coefficient (Wildman–Crippen LogP) is 1.27. The molecule has 3 amide bonds. The van der Waals surface area contributed by atoms with Crippen molar-refractivity contribution in [2.45, 2.75) is 31.8 Å². The molecule has 3 heterocycles. The Kier molecular flexibility index (Phi) is 4.16. The monoisotopic (exact) mass is 388 g/mol. The van der Waals surface area contributed by atoms with Crippen LogP contribution in [0.4, 0.5) is 5.69 Å². The number of amides is 3. The van der Waals surface area contributed by atoms with Gasteiger partial charge >= 0.3 is 0 Å². The number of benzene rings is 1. The summed E-state index contributed by atoms with van der Waals surface area (Å²) >= 11 is 6.21. The van der Waals surface area contributed by atoms with Crippen LogP contribution in [0.1, 0.15) is 25.8 Å². The molecule has 0 aromatic heterocycles. The van der Waals surface area contributed by atoms with Crippen molar-refractivity contribution in [1.82, 2.24) is 4.90 Å². The molecule has 0 radical (unpaired) electrons. The molecule has 2 fully saturated rings. The molecule has 0 aliphatic carbocycles. The van der Waals surface area contributed by atoms with Gasteiger partial charge in [-0.05, 0) is 24.1 Å². The standard InChI is InChI=1S/C20H22ClN3O3/c1-4-7-24-17(25)15-14(8-10(2)3)23-20(16(15)18(24)26)12-9-11(21)5-6-13(12)22-19(20)27/h4-6,9-10,14-16,23H,1,7-8H2,2-3H3,(H,22,27)/p+1/t14-,15-,16+,20+/m0/s1. The molecule has 4 atom stereocenters. The van der Waals surface area contributed by atoms with Gasteiger partial charge in [0.2, 0.25) is 17.4 Å². The van der Waals surface area contributed by atoms with E-state index in [0.29, 0.717) is 22.2 Å². The molecule has 4 rings (SSSR count). The first-order chi connectivity index (χ1) is 12.8. The number of imide groups is 1. The number of hydrogen-bond acceptors (Lipinski definition) is 3. The molecule has 2 saturated heterocycles. The van der Waals surface area contributed by atoms with Gasteiger partial charge < -0.3 is 10.6 Å². The van der Waals surface area contributed by atoms with Gasteiger partial charge in [0, 0.05) is 23.6 Å². The van der Waals surface area contributed by atoms with Crippen LogP contribution in [0, 0.1) is 17.8 Å². The molecule has 0 saturated carbocycles. The summed E-state index contributed by atoms with van der Waals surface area (Å²) < 4.78 is 0. The fraction of sp³-hybridized carbons (Fsp3) is 0.450. The number of hydrogen-bond donors (Lipinski definition) is 2. The van der Waals surface area contributed by atoms with Crippen molar-refractivity contribution in [3.63, 3.8) is 0 Å². The number of nitrogens with zero attached hydrogens (tertiary/aromatic N) is 1. The molecule has 1 aromatic carbocycles. The van der Waals surface area contributed by atoms with Crippen LogP contribution in [0.15, 0.2) is 30.9 Å². The fourth-order valence-corrected chi connectivity index (χ4v) is 5.24. The van der Waals surface area contributed by atoms with Crippen molar-refractivity contribution in [2.75, 3.05) is 11.9 Å². The van der Waals surface area contributed by atoms with Gasteiger partial charge in [-0.1, -0.05) is 31.5 Å². The molecule has 3 aliphatic rings. The van der Waals surface area contributed by atoms with Crippen molar-refractivity contribution < 1.29 is 19.7 Å². The summed E-state index contributed by atoms with van der Waals surface area (Å²) in [5, 5.41) is 5.34. The molecule has 7 heteroatoms. The Morgan fingerprint density at radius 1 is 1.33 bits per heavy atom. The van der Waals surface area contributed by atoms with Crippen LogP contribution >= 0.6 is 11.6 Å². The lowest BCUT2D eigenvalue weighted by Gasteiger charge is -2.26. The number of anilines is 1. The van der Waals surface area contributed by atoms with Gasteiger partial charge in [-0.2, -0.15) is 0 Å². The van der Waals surface area contributed by atoms with E-state index in [-0.39, 0.29) is 30.3 Å². The summed E-state index contributed by atoms with van der Waals surface area (Å²) in [6.07, 6.45) is 2.29. The molecule has 1 spiro atoms. The third-order valence-electron chi connectivity index (χ3n) is 5.98. The summed E-state index contributed by atoms with van der Waals surface area (Å²) in [5.41, 5.74) is 0.211. The second-order valence-corrected chi connectivity index (χ2v) is 8.49. The van der Waals surface area contributed by atoms with Crippen LogP contribution in [0.2, 0.25) is 5.02 Å². The smallest absolute Gasteiger partial charge is 0.291 e. The third-order valence-corrected chi connectivity index (χ3v) is 6.21. The average molecular weight is 389 g/mol. The summed E-state index contributed by atoms with van der Waals surface area (Å²) in [6, 6.07) is 5.07. The normalized spacial score (nSPS) is 31.6. The topological polar surface area (TPSA) is 83.1 Å². The lowest BCUT2D eigenvalue weighted by atomic mass is 9.76. The SMILES string of the molecule is C=CCN1C(=O)[C@H]2[C@H](CC(C)C)[NH2+][C@@]3(C(=O)Nc4ccc(Cl)cc43)[C@H]2C1=O. The van der Waals surface area contributed by atoms with E-state index in [1.807, 2.05) is 5.32 Å². The first-order valence-corrected chi connectivity index (χ1v) is 9.62. The predicted molar refractivity (Wildman–Crippen MR) is 101 cm³/mol. The largest absolute Gasteiger partial charge is 0.326 e. The third kappa shape index (κ3) is 2.39. The number of nitrogens with two attached hydrogens (primary N) is 1. The molecule has 27 heavy (non-hydrogen) atoms. The second-order valence-electron chi connectivity index (χ2n) is 8.05. The lowest BCUT2D eigenvalue weighted by molar-refractivity contribution is -0.734. The zero-order valence-corrected chi connectivity index (χ0v) is 16.1. The van der Waals surface area contributed by atoms with Crippen molar-refractivity contribution in [3.05, 3.63) is 41.4 Å². The molecular formula is C20H23ClN3O3+. The first kappa shape index (κ1) is 18.2. The number of fused-ring (bicyclic) bond motifs is 4. The van der Waals surface area contributed by atoms with Gasteiger partial charge in [-0.3, -0.25) is 19.3 Å². The van der Waals surface area contributed by atoms with Crippen molar-refractivity contribution in [3.8, 4) is 0 Å². The maximum absolute atomic E-state index is 13.2. The van der Waals surface area contributed by atoms with Crippen LogP contribution in [0.25, 0.3) is 0 Å². The van der Waals surface area contributed by atoms with Crippen LogP contribution < -0.4 is 10.6 Å². The van der Waals surface area contributed by atoms with Gasteiger partial charge in [0.25, 0.3) is 5.91 Å². The maximum atomic E-state index is 13.2. The molecular weight excluding hydrogens is 366 g/mol. The van der Waals surface area contributed by atoms with Crippen molar-refractivity contribution in [1.29, 1.82) is 0 Å². The first-order valence-electron chi connectivity index (χ1n) is 9.25. The Morgan fingerprint density at radius 2 is 2.07 bits per heavy atom. The number of halogens is 1. The highest BCUT2D eigenvalue weighted by atomic mass is 35.5. The van der Waals surface area contributed by atoms with Gasteiger partial charge in [0.15, 0.2) is 0 Å². The van der Waals surface area contributed by atoms with Crippen LogP contribution in [0.5, 0.6) is 0 Å². The van der Waals surface area contributed by atoms with E-state index < -0.39 is 17.4 Å². The lowest BCUT2D eigenvalue weighted by Crippen LogP contribution is -2.99. The summed E-state index contributed by atoms with van der Waals surface area (Å²) in [4.78, 5) is 40.7. The van der Waals surface area contributed by atoms with Crippen molar-refractivity contribution in [2.24, 2.45) is 17.8 Å². The number of rotatable bonds is 4. The van der Waals surface area contributed by atoms with Crippen molar-refractivity contribution >= 4 is 35.0 Å². The Balaban J connectivity index is 1.89. The Bertz CT molecular complexity index is 868. The summed E-state index contributed by atoms with van der Waals surface area (Å²) in [7, 11) is 0. The van der Waals surface area contributed by atoms with E-state index in [0.717, 1.165) is 6.42 Å². The fourth-order valence-electron chi connectivity index (χ4n) is 5.06. The van der Waals surface area contributed by atoms with Crippen LogP contribution in [0.3, 0.4) is 0 Å². The van der Waals surface area contributed by atoms with E-state index >= 15 is 0 Å². The quantitative estimate of drug-likeness (QED) is 0.601. The highest BCUT2D eigenvalue weighted by Gasteiger charge is 2.74. The number of carbonyl (C=O) groups is 3. The number of nitrogens with one attached hydrogen (secondary N) is 1. The van der Waals surface area contributed by atoms with E-state index in [9.17, 15) is 14.4 Å². The highest BCUT2D eigenvalue weighted by Crippen LogP contribution is 2.50. The molecule has 3 aliphatic heterocycles. The average Bonchev–Trinajstić information content (AvgIpc) is 3.16. The minimum atomic E-state index is -1.15. The number of carbonyl (C=O) groups excluding carboxylic acids is 3. The Hall–Kier alpha value is -2.18. The minimum Gasteiger partial charge on any atom is -0.326 e. The van der Waals surface area contributed by atoms with Crippen LogP contribution in [-0.2, 0) is 19.9 Å². The van der Waals surface area contributed by atoms with Gasteiger partial charge in [-0.25, -0.2) is 0 Å². The van der Waals surface area contributed by atoms with E-state index in [4.69, 9.17) is 11.6 Å². The molecule has 6 nitrogen and oxygen atoms in total. The number of likely N-dealkylation sites (tertiary alicyclic amines) is 1. The summed E-state index contributed by atoms with van der Waals surface area (Å²) in [5.74, 6) is -1.66. The molecule has 142 valence electrons. The van der Waals surface area contributed by atoms with Crippen LogP contribution in [-0.4, -0.2) is 35.2 Å². The number of quaternary nitrogens is 1. The van der Waals surface area contributed by atoms with Gasteiger partial charge in [0.1, 0.15) is 17.9 Å².